The lowest BCUT2D eigenvalue weighted by molar-refractivity contribution is 0.0696. The third kappa shape index (κ3) is 3.09. The van der Waals surface area contributed by atoms with Crippen molar-refractivity contribution < 1.29 is 14.6 Å². The normalized spacial score (nSPS) is 10.7. The maximum atomic E-state index is 11.1. The Morgan fingerprint density at radius 2 is 2.05 bits per heavy atom. The zero-order valence-corrected chi connectivity index (χ0v) is 11.0. The van der Waals surface area contributed by atoms with Gasteiger partial charge >= 0.3 is 5.97 Å². The third-order valence-corrected chi connectivity index (χ3v) is 2.55. The lowest BCUT2D eigenvalue weighted by Crippen LogP contribution is -2.03. The summed E-state index contributed by atoms with van der Waals surface area (Å²) in [7, 11) is 0. The minimum Gasteiger partial charge on any atom is -0.478 e. The Balaban J connectivity index is 2.36. The van der Waals surface area contributed by atoms with Crippen LogP contribution in [0, 0.1) is 6.92 Å². The molecule has 0 radical (unpaired) electrons. The third-order valence-electron chi connectivity index (χ3n) is 2.55. The predicted octanol–water partition coefficient (Wildman–Crippen LogP) is 2.73. The van der Waals surface area contributed by atoms with Crippen LogP contribution in [-0.4, -0.2) is 26.3 Å². The molecule has 2 N–H and O–H groups in total. The molecule has 2 aromatic heterocycles. The molecule has 0 aliphatic rings. The maximum absolute atomic E-state index is 11.1. The zero-order valence-electron chi connectivity index (χ0n) is 11.0. The number of aryl methyl sites for hydroxylation is 1. The standard InChI is InChI=1S/C13H15N3O3/c1-7(2)10-5-9(13(17)18)6-11(14-10)19-12-4-8(3)15-16-12/h4-7H,1-3H3,(H,15,16)(H,17,18). The molecule has 0 unspecified atom stereocenters. The maximum Gasteiger partial charge on any atom is 0.335 e. The number of ether oxygens (including phenoxy) is 1. The van der Waals surface area contributed by atoms with Crippen LogP contribution in [0.1, 0.15) is 41.5 Å². The summed E-state index contributed by atoms with van der Waals surface area (Å²) >= 11 is 0. The number of carboxylic acids is 1. The van der Waals surface area contributed by atoms with Gasteiger partial charge in [0.15, 0.2) is 0 Å². The summed E-state index contributed by atoms with van der Waals surface area (Å²) in [5, 5.41) is 15.8. The van der Waals surface area contributed by atoms with Gasteiger partial charge in [0.05, 0.1) is 5.56 Å². The number of hydrogen-bond donors (Lipinski definition) is 2. The van der Waals surface area contributed by atoms with Gasteiger partial charge in [0.25, 0.3) is 0 Å². The lowest BCUT2D eigenvalue weighted by Gasteiger charge is -2.08. The Hall–Kier alpha value is -2.37. The Morgan fingerprint density at radius 1 is 1.32 bits per heavy atom. The number of nitrogens with zero attached hydrogens (tertiary/aromatic N) is 2. The van der Waals surface area contributed by atoms with E-state index in [0.717, 1.165) is 5.69 Å². The van der Waals surface area contributed by atoms with Gasteiger partial charge in [0.2, 0.25) is 11.8 Å². The van der Waals surface area contributed by atoms with Crippen LogP contribution in [0.15, 0.2) is 18.2 Å². The van der Waals surface area contributed by atoms with Gasteiger partial charge in [0.1, 0.15) is 0 Å². The quantitative estimate of drug-likeness (QED) is 0.883. The van der Waals surface area contributed by atoms with Crippen molar-refractivity contribution >= 4 is 5.97 Å². The van der Waals surface area contributed by atoms with Gasteiger partial charge in [-0.15, -0.1) is 5.10 Å². The number of carboxylic acid groups (broad SMARTS) is 1. The Kier molecular flexibility index (Phi) is 3.50. The molecule has 6 heteroatoms. The fourth-order valence-corrected chi connectivity index (χ4v) is 1.55. The minimum absolute atomic E-state index is 0.113. The van der Waals surface area contributed by atoms with Crippen LogP contribution in [0.5, 0.6) is 11.8 Å². The van der Waals surface area contributed by atoms with Crippen LogP contribution >= 0.6 is 0 Å². The molecular formula is C13H15N3O3. The number of hydrogen-bond acceptors (Lipinski definition) is 4. The number of aromatic carboxylic acids is 1. The number of rotatable bonds is 4. The van der Waals surface area contributed by atoms with E-state index < -0.39 is 5.97 Å². The van der Waals surface area contributed by atoms with Gasteiger partial charge in [0, 0.05) is 23.5 Å². The topological polar surface area (TPSA) is 88.1 Å². The summed E-state index contributed by atoms with van der Waals surface area (Å²) in [5.41, 5.74) is 1.68. The molecular weight excluding hydrogens is 246 g/mol. The number of pyridine rings is 1. The fraction of sp³-hybridized carbons (Fsp3) is 0.308. The van der Waals surface area contributed by atoms with Crippen molar-refractivity contribution in [3.05, 3.63) is 35.2 Å². The van der Waals surface area contributed by atoms with Gasteiger partial charge in [-0.05, 0) is 18.9 Å². The first kappa shape index (κ1) is 13.1. The average molecular weight is 261 g/mol. The monoisotopic (exact) mass is 261 g/mol. The molecule has 0 aliphatic heterocycles. The van der Waals surface area contributed by atoms with Gasteiger partial charge < -0.3 is 9.84 Å². The van der Waals surface area contributed by atoms with Crippen LogP contribution in [0.3, 0.4) is 0 Å². The first-order valence-electron chi connectivity index (χ1n) is 5.91. The second-order valence-corrected chi connectivity index (χ2v) is 4.57. The van der Waals surface area contributed by atoms with Crippen molar-refractivity contribution in [2.45, 2.75) is 26.7 Å². The molecule has 0 atom stereocenters. The molecule has 0 amide bonds. The molecule has 2 heterocycles. The van der Waals surface area contributed by atoms with Crippen molar-refractivity contribution in [1.29, 1.82) is 0 Å². The van der Waals surface area contributed by atoms with E-state index in [9.17, 15) is 4.79 Å². The minimum atomic E-state index is -1.01. The van der Waals surface area contributed by atoms with Crippen LogP contribution < -0.4 is 4.74 Å². The largest absolute Gasteiger partial charge is 0.478 e. The van der Waals surface area contributed by atoms with Crippen molar-refractivity contribution in [3.8, 4) is 11.8 Å². The van der Waals surface area contributed by atoms with Gasteiger partial charge in [-0.2, -0.15) is 0 Å². The SMILES string of the molecule is Cc1cc(Oc2cc(C(=O)O)cc(C(C)C)n2)n[nH]1. The lowest BCUT2D eigenvalue weighted by atomic mass is 10.1. The van der Waals surface area contributed by atoms with Crippen molar-refractivity contribution in [3.63, 3.8) is 0 Å². The number of carbonyl (C=O) groups is 1. The number of aromatic nitrogens is 3. The molecule has 100 valence electrons. The van der Waals surface area contributed by atoms with Crippen LogP contribution in [0.2, 0.25) is 0 Å². The molecule has 0 fully saturated rings. The molecule has 0 bridgehead atoms. The Morgan fingerprint density at radius 3 is 2.58 bits per heavy atom. The van der Waals surface area contributed by atoms with E-state index in [2.05, 4.69) is 15.2 Å². The van der Waals surface area contributed by atoms with Gasteiger partial charge in [-0.25, -0.2) is 9.78 Å². The van der Waals surface area contributed by atoms with E-state index in [0.29, 0.717) is 11.6 Å². The Bertz CT molecular complexity index is 605. The molecule has 0 saturated heterocycles. The average Bonchev–Trinajstić information content (AvgIpc) is 2.74. The van der Waals surface area contributed by atoms with E-state index in [1.54, 1.807) is 12.1 Å². The highest BCUT2D eigenvalue weighted by Gasteiger charge is 2.12. The molecule has 0 aliphatic carbocycles. The van der Waals surface area contributed by atoms with Crippen LogP contribution in [0.25, 0.3) is 0 Å². The molecule has 0 saturated carbocycles. The zero-order chi connectivity index (χ0) is 14.0. The second-order valence-electron chi connectivity index (χ2n) is 4.57. The van der Waals surface area contributed by atoms with Crippen molar-refractivity contribution in [2.75, 3.05) is 0 Å². The molecule has 0 spiro atoms. The highest BCUT2D eigenvalue weighted by Crippen LogP contribution is 2.23. The molecule has 6 nitrogen and oxygen atoms in total. The van der Waals surface area contributed by atoms with E-state index in [4.69, 9.17) is 9.84 Å². The van der Waals surface area contributed by atoms with Crippen molar-refractivity contribution in [2.24, 2.45) is 0 Å². The fourth-order valence-electron chi connectivity index (χ4n) is 1.55. The summed E-state index contributed by atoms with van der Waals surface area (Å²) < 4.78 is 5.46. The van der Waals surface area contributed by atoms with Crippen LogP contribution in [-0.2, 0) is 0 Å². The predicted molar refractivity (Wildman–Crippen MR) is 68.7 cm³/mol. The highest BCUT2D eigenvalue weighted by molar-refractivity contribution is 5.88. The summed E-state index contributed by atoms with van der Waals surface area (Å²) in [5.74, 6) is -0.299. The Labute approximate surface area is 110 Å². The van der Waals surface area contributed by atoms with Gasteiger partial charge in [-0.3, -0.25) is 5.10 Å². The first-order valence-corrected chi connectivity index (χ1v) is 5.91. The second kappa shape index (κ2) is 5.09. The van der Waals surface area contributed by atoms with Crippen LogP contribution in [0.4, 0.5) is 0 Å². The molecule has 19 heavy (non-hydrogen) atoms. The van der Waals surface area contributed by atoms with Crippen molar-refractivity contribution in [1.82, 2.24) is 15.2 Å². The van der Waals surface area contributed by atoms with E-state index in [-0.39, 0.29) is 17.4 Å². The van der Waals surface area contributed by atoms with E-state index in [1.165, 1.54) is 6.07 Å². The van der Waals surface area contributed by atoms with Gasteiger partial charge in [-0.1, -0.05) is 13.8 Å². The highest BCUT2D eigenvalue weighted by atomic mass is 16.5. The summed E-state index contributed by atoms with van der Waals surface area (Å²) in [4.78, 5) is 15.4. The number of H-pyrrole nitrogens is 1. The molecule has 2 rings (SSSR count). The van der Waals surface area contributed by atoms with E-state index in [1.807, 2.05) is 20.8 Å². The first-order chi connectivity index (χ1) is 8.95. The molecule has 2 aromatic rings. The smallest absolute Gasteiger partial charge is 0.335 e. The number of nitrogens with one attached hydrogen (secondary N) is 1. The summed E-state index contributed by atoms with van der Waals surface area (Å²) in [6.45, 7) is 5.73. The molecule has 0 aromatic carbocycles. The van der Waals surface area contributed by atoms with E-state index >= 15 is 0 Å². The summed E-state index contributed by atoms with van der Waals surface area (Å²) in [6, 6.07) is 4.65. The number of aromatic amines is 1. The summed E-state index contributed by atoms with van der Waals surface area (Å²) in [6.07, 6.45) is 0.